The van der Waals surface area contributed by atoms with Gasteiger partial charge in [-0.25, -0.2) is 15.0 Å². The van der Waals surface area contributed by atoms with Crippen molar-refractivity contribution in [2.24, 2.45) is 0 Å². The van der Waals surface area contributed by atoms with Crippen molar-refractivity contribution in [1.82, 2.24) is 19.5 Å². The molecule has 4 N–H and O–H groups in total. The second kappa shape index (κ2) is 9.45. The molecule has 4 rings (SSSR count). The lowest BCUT2D eigenvalue weighted by molar-refractivity contribution is 0.102. The number of hydrogen-bond acceptors (Lipinski definition) is 9. The topological polar surface area (TPSA) is 154 Å². The Bertz CT molecular complexity index is 1400. The summed E-state index contributed by atoms with van der Waals surface area (Å²) in [7, 11) is 1.40. The first-order valence-corrected chi connectivity index (χ1v) is 10.3. The summed E-state index contributed by atoms with van der Waals surface area (Å²) in [5.74, 6) is -0.581. The van der Waals surface area contributed by atoms with Crippen LogP contribution in [0.25, 0.3) is 10.9 Å². The molecule has 2 aromatic carbocycles. The summed E-state index contributed by atoms with van der Waals surface area (Å²) in [4.78, 5) is 37.9. The van der Waals surface area contributed by atoms with Crippen LogP contribution in [-0.2, 0) is 13.2 Å². The number of nitrogens with two attached hydrogens (primary N) is 1. The van der Waals surface area contributed by atoms with Gasteiger partial charge in [-0.2, -0.15) is 0 Å². The number of phenols is 1. The Labute approximate surface area is 193 Å². The zero-order chi connectivity index (χ0) is 24.2. The van der Waals surface area contributed by atoms with Crippen LogP contribution in [0.15, 0.2) is 53.6 Å². The number of hydrogen-bond donors (Lipinski definition) is 3. The molecule has 11 nitrogen and oxygen atoms in total. The number of aromatic hydroxyl groups is 1. The molecule has 0 spiro atoms. The molecule has 11 heteroatoms. The van der Waals surface area contributed by atoms with Crippen LogP contribution in [0.4, 0.5) is 11.9 Å². The third-order valence-electron chi connectivity index (χ3n) is 5.05. The van der Waals surface area contributed by atoms with E-state index in [-0.39, 0.29) is 58.8 Å². The van der Waals surface area contributed by atoms with Gasteiger partial charge in [-0.3, -0.25) is 19.5 Å². The quantitative estimate of drug-likeness (QED) is 0.375. The molecule has 34 heavy (non-hydrogen) atoms. The molecular formula is C23H22N6O5. The van der Waals surface area contributed by atoms with E-state index in [9.17, 15) is 14.7 Å². The van der Waals surface area contributed by atoms with Gasteiger partial charge in [0, 0.05) is 25.0 Å². The number of ether oxygens (including phenoxy) is 2. The number of fused-ring (bicyclic) bond motifs is 1. The number of rotatable bonds is 7. The van der Waals surface area contributed by atoms with Gasteiger partial charge >= 0.3 is 0 Å². The van der Waals surface area contributed by atoms with E-state index in [0.29, 0.717) is 0 Å². The number of carbonyl (C=O) groups excluding carboxylic acids is 1. The minimum Gasteiger partial charge on any atom is -0.507 e. The monoisotopic (exact) mass is 462 g/mol. The lowest BCUT2D eigenvalue weighted by Crippen LogP contribution is -2.27. The number of nitrogens with zero attached hydrogens (tertiary/aromatic N) is 4. The highest BCUT2D eigenvalue weighted by atomic mass is 16.5. The number of methoxy groups -OCH3 is 1. The van der Waals surface area contributed by atoms with Gasteiger partial charge in [0.1, 0.15) is 23.3 Å². The molecule has 4 aromatic rings. The summed E-state index contributed by atoms with van der Waals surface area (Å²) in [6.45, 7) is 2.10. The first kappa shape index (κ1) is 22.5. The number of nitrogen functional groups attached to an aromatic ring is 1. The molecule has 1 amide bonds. The summed E-state index contributed by atoms with van der Waals surface area (Å²) in [6, 6.07) is 10.7. The Morgan fingerprint density at radius 3 is 2.56 bits per heavy atom. The van der Waals surface area contributed by atoms with E-state index in [4.69, 9.17) is 15.2 Å². The lowest BCUT2D eigenvalue weighted by atomic mass is 10.2. The Balaban J connectivity index is 1.79. The molecule has 0 atom stereocenters. The van der Waals surface area contributed by atoms with Crippen molar-refractivity contribution in [3.8, 4) is 17.2 Å². The van der Waals surface area contributed by atoms with Gasteiger partial charge in [0.2, 0.25) is 11.9 Å². The number of aromatic nitrogens is 4. The van der Waals surface area contributed by atoms with E-state index in [1.807, 2.05) is 30.3 Å². The summed E-state index contributed by atoms with van der Waals surface area (Å²) in [5.41, 5.74) is 5.99. The maximum absolute atomic E-state index is 13.2. The van der Waals surface area contributed by atoms with Crippen LogP contribution in [0.1, 0.15) is 22.8 Å². The van der Waals surface area contributed by atoms with Crippen LogP contribution in [0.3, 0.4) is 0 Å². The van der Waals surface area contributed by atoms with Crippen molar-refractivity contribution < 1.29 is 19.4 Å². The van der Waals surface area contributed by atoms with Crippen LogP contribution in [0, 0.1) is 0 Å². The maximum Gasteiger partial charge on any atom is 0.266 e. The van der Waals surface area contributed by atoms with Crippen molar-refractivity contribution in [2.75, 3.05) is 18.2 Å². The zero-order valence-corrected chi connectivity index (χ0v) is 18.5. The van der Waals surface area contributed by atoms with E-state index >= 15 is 0 Å². The van der Waals surface area contributed by atoms with Crippen LogP contribution in [-0.4, -0.2) is 37.6 Å². The number of nitrogens with one attached hydrogen (secondary N) is 1. The minimum absolute atomic E-state index is 0.0223. The third-order valence-corrected chi connectivity index (χ3v) is 5.05. The molecule has 0 fully saturated rings. The van der Waals surface area contributed by atoms with Crippen LogP contribution >= 0.6 is 0 Å². The predicted octanol–water partition coefficient (Wildman–Crippen LogP) is 2.33. The van der Waals surface area contributed by atoms with Gasteiger partial charge in [-0.15, -0.1) is 0 Å². The smallest absolute Gasteiger partial charge is 0.266 e. The normalized spacial score (nSPS) is 10.8. The fraction of sp³-hybridized carbons (Fsp3) is 0.174. The van der Waals surface area contributed by atoms with Gasteiger partial charge in [0.05, 0.1) is 12.7 Å². The molecule has 0 aliphatic rings. The summed E-state index contributed by atoms with van der Waals surface area (Å²) < 4.78 is 12.6. The predicted molar refractivity (Wildman–Crippen MR) is 125 cm³/mol. The first-order chi connectivity index (χ1) is 16.4. The van der Waals surface area contributed by atoms with Gasteiger partial charge in [0.25, 0.3) is 11.5 Å². The molecule has 2 heterocycles. The van der Waals surface area contributed by atoms with E-state index in [0.717, 1.165) is 5.56 Å². The summed E-state index contributed by atoms with van der Waals surface area (Å²) in [5, 5.41) is 13.2. The molecule has 0 bridgehead atoms. The Kier molecular flexibility index (Phi) is 6.26. The van der Waals surface area contributed by atoms with Gasteiger partial charge in [0.15, 0.2) is 11.5 Å². The number of anilines is 2. The fourth-order valence-electron chi connectivity index (χ4n) is 3.39. The van der Waals surface area contributed by atoms with E-state index < -0.39 is 11.5 Å². The van der Waals surface area contributed by atoms with Crippen molar-refractivity contribution in [1.29, 1.82) is 0 Å². The molecule has 0 radical (unpaired) electrons. The molecule has 0 unspecified atom stereocenters. The molecule has 0 aliphatic carbocycles. The molecule has 0 aliphatic heterocycles. The highest BCUT2D eigenvalue weighted by Gasteiger charge is 2.22. The zero-order valence-electron chi connectivity index (χ0n) is 18.5. The Morgan fingerprint density at radius 1 is 1.21 bits per heavy atom. The Hall–Kier alpha value is -4.67. The number of benzene rings is 2. The molecular weight excluding hydrogens is 440 g/mol. The molecule has 2 aromatic heterocycles. The van der Waals surface area contributed by atoms with Crippen LogP contribution in [0.2, 0.25) is 0 Å². The second-order valence-corrected chi connectivity index (χ2v) is 7.19. The van der Waals surface area contributed by atoms with Crippen molar-refractivity contribution in [2.45, 2.75) is 20.1 Å². The van der Waals surface area contributed by atoms with Crippen molar-refractivity contribution >= 4 is 28.7 Å². The average molecular weight is 462 g/mol. The highest BCUT2D eigenvalue weighted by molar-refractivity contribution is 6.03. The highest BCUT2D eigenvalue weighted by Crippen LogP contribution is 2.39. The van der Waals surface area contributed by atoms with Crippen molar-refractivity contribution in [3.63, 3.8) is 0 Å². The lowest BCUT2D eigenvalue weighted by Gasteiger charge is -2.17. The SMILES string of the molecule is CCn1c(NC(=O)c2cnc(N)nc2)nc2c(OC)c(OCc3ccccc3)cc(O)c2c1=O. The minimum atomic E-state index is -0.590. The molecule has 0 saturated heterocycles. The maximum atomic E-state index is 13.2. The Morgan fingerprint density at radius 2 is 1.91 bits per heavy atom. The van der Waals surface area contributed by atoms with E-state index in [1.54, 1.807) is 6.92 Å². The van der Waals surface area contributed by atoms with Crippen LogP contribution in [0.5, 0.6) is 17.2 Å². The standard InChI is InChI=1S/C23H22N6O5/c1-3-29-21(32)17-15(30)9-16(34-12-13-7-5-4-6-8-13)19(33-2)18(17)27-23(29)28-20(31)14-10-25-22(24)26-11-14/h4-11,30H,3,12H2,1-2H3,(H2,24,25,26)(H,27,28,31). The number of carbonyl (C=O) groups is 1. The van der Waals surface area contributed by atoms with E-state index in [2.05, 4.69) is 20.3 Å². The summed E-state index contributed by atoms with van der Waals surface area (Å²) >= 11 is 0. The second-order valence-electron chi connectivity index (χ2n) is 7.19. The molecule has 0 saturated carbocycles. The van der Waals surface area contributed by atoms with Gasteiger partial charge < -0.3 is 20.3 Å². The van der Waals surface area contributed by atoms with Crippen LogP contribution < -0.4 is 26.1 Å². The number of phenolic OH excluding ortho intramolecular Hbond substituents is 1. The fourth-order valence-corrected chi connectivity index (χ4v) is 3.39. The molecule has 174 valence electrons. The number of amides is 1. The average Bonchev–Trinajstić information content (AvgIpc) is 2.83. The van der Waals surface area contributed by atoms with E-state index in [1.165, 1.54) is 30.1 Å². The van der Waals surface area contributed by atoms with Gasteiger partial charge in [-0.1, -0.05) is 30.3 Å². The van der Waals surface area contributed by atoms with Crippen molar-refractivity contribution in [3.05, 3.63) is 70.3 Å². The first-order valence-electron chi connectivity index (χ1n) is 10.3. The van der Waals surface area contributed by atoms with Gasteiger partial charge in [-0.05, 0) is 12.5 Å². The summed E-state index contributed by atoms with van der Waals surface area (Å²) in [6.07, 6.45) is 2.52. The third kappa shape index (κ3) is 4.31. The largest absolute Gasteiger partial charge is 0.507 e.